The van der Waals surface area contributed by atoms with Gasteiger partial charge >= 0.3 is 5.97 Å². The van der Waals surface area contributed by atoms with Gasteiger partial charge in [0.15, 0.2) is 11.4 Å². The van der Waals surface area contributed by atoms with E-state index < -0.39 is 5.97 Å². The Morgan fingerprint density at radius 3 is 2.48 bits per heavy atom. The number of carbonyl (C=O) groups excluding carboxylic acids is 1. The Hall–Kier alpha value is -3.32. The first kappa shape index (κ1) is 18.5. The van der Waals surface area contributed by atoms with E-state index in [2.05, 4.69) is 4.98 Å². The number of nitrogens with zero attached hydrogens (tertiary/aromatic N) is 2. The van der Waals surface area contributed by atoms with E-state index in [1.54, 1.807) is 36.4 Å². The molecular formula is C20H20N2O5. The van der Waals surface area contributed by atoms with Crippen LogP contribution in [0.25, 0.3) is 10.8 Å². The summed E-state index contributed by atoms with van der Waals surface area (Å²) in [6.07, 6.45) is 0. The fourth-order valence-electron chi connectivity index (χ4n) is 2.75. The Balaban J connectivity index is 2.12. The van der Waals surface area contributed by atoms with Crippen molar-refractivity contribution in [1.82, 2.24) is 9.88 Å². The molecule has 0 unspecified atom stereocenters. The molecule has 0 radical (unpaired) electrons. The summed E-state index contributed by atoms with van der Waals surface area (Å²) in [5.41, 5.74) is 0.484. The van der Waals surface area contributed by atoms with Crippen LogP contribution in [0, 0.1) is 0 Å². The molecular weight excluding hydrogens is 348 g/mol. The molecule has 27 heavy (non-hydrogen) atoms. The number of phenolic OH excluding ortho intramolecular Hbond substituents is 1. The van der Waals surface area contributed by atoms with Crippen LogP contribution < -0.4 is 4.74 Å². The molecule has 0 aliphatic carbocycles. The van der Waals surface area contributed by atoms with Crippen molar-refractivity contribution in [2.24, 2.45) is 0 Å². The number of aromatic hydroxyl groups is 2. The Kier molecular flexibility index (Phi) is 5.14. The predicted octanol–water partition coefficient (Wildman–Crippen LogP) is 3.29. The molecule has 140 valence electrons. The van der Waals surface area contributed by atoms with Crippen molar-refractivity contribution in [2.45, 2.75) is 6.54 Å². The lowest BCUT2D eigenvalue weighted by molar-refractivity contribution is 0.0590. The number of methoxy groups -OCH3 is 1. The monoisotopic (exact) mass is 368 g/mol. The molecule has 2 aromatic carbocycles. The molecule has 0 aliphatic heterocycles. The van der Waals surface area contributed by atoms with Gasteiger partial charge in [-0.25, -0.2) is 9.78 Å². The van der Waals surface area contributed by atoms with Gasteiger partial charge < -0.3 is 24.6 Å². The number of hydrogen-bond acceptors (Lipinski definition) is 7. The SMILES string of the molecule is COC(=O)c1nc(CN(C)C)c2cc(Oc3cccc(O)c3)ccc2c1O. The third-order valence-corrected chi connectivity index (χ3v) is 3.93. The Morgan fingerprint density at radius 2 is 1.81 bits per heavy atom. The van der Waals surface area contributed by atoms with Crippen molar-refractivity contribution in [1.29, 1.82) is 0 Å². The largest absolute Gasteiger partial charge is 0.508 e. The maximum atomic E-state index is 11.9. The lowest BCUT2D eigenvalue weighted by Gasteiger charge is -2.15. The van der Waals surface area contributed by atoms with Gasteiger partial charge in [-0.05, 0) is 44.4 Å². The standard InChI is InChI=1S/C20H20N2O5/c1-22(2)11-17-16-10-14(27-13-6-4-5-12(23)9-13)7-8-15(16)19(24)18(21-17)20(25)26-3/h4-10,23-24H,11H2,1-3H3. The van der Waals surface area contributed by atoms with E-state index in [-0.39, 0.29) is 17.2 Å². The van der Waals surface area contributed by atoms with Gasteiger partial charge in [0.1, 0.15) is 17.2 Å². The van der Waals surface area contributed by atoms with Crippen molar-refractivity contribution in [3.05, 3.63) is 53.9 Å². The lowest BCUT2D eigenvalue weighted by atomic mass is 10.1. The highest BCUT2D eigenvalue weighted by Gasteiger charge is 2.20. The average molecular weight is 368 g/mol. The molecule has 2 N–H and O–H groups in total. The molecule has 0 saturated heterocycles. The van der Waals surface area contributed by atoms with Crippen molar-refractivity contribution < 1.29 is 24.5 Å². The van der Waals surface area contributed by atoms with Gasteiger partial charge in [-0.1, -0.05) is 6.07 Å². The number of phenols is 1. The summed E-state index contributed by atoms with van der Waals surface area (Å²) in [6, 6.07) is 11.5. The van der Waals surface area contributed by atoms with E-state index in [0.717, 1.165) is 0 Å². The quantitative estimate of drug-likeness (QED) is 0.668. The highest BCUT2D eigenvalue weighted by atomic mass is 16.5. The third-order valence-electron chi connectivity index (χ3n) is 3.93. The van der Waals surface area contributed by atoms with Crippen LogP contribution in [0.2, 0.25) is 0 Å². The number of aromatic nitrogens is 1. The smallest absolute Gasteiger partial charge is 0.360 e. The fourth-order valence-corrected chi connectivity index (χ4v) is 2.75. The molecule has 1 heterocycles. The minimum Gasteiger partial charge on any atom is -0.508 e. The summed E-state index contributed by atoms with van der Waals surface area (Å²) >= 11 is 0. The minimum atomic E-state index is -0.700. The lowest BCUT2D eigenvalue weighted by Crippen LogP contribution is -2.15. The van der Waals surface area contributed by atoms with Crippen molar-refractivity contribution >= 4 is 16.7 Å². The normalized spacial score (nSPS) is 11.0. The molecule has 3 aromatic rings. The molecule has 7 nitrogen and oxygen atoms in total. The Bertz CT molecular complexity index is 1000. The molecule has 7 heteroatoms. The van der Waals surface area contributed by atoms with E-state index in [4.69, 9.17) is 9.47 Å². The van der Waals surface area contributed by atoms with Gasteiger partial charge in [0, 0.05) is 23.4 Å². The van der Waals surface area contributed by atoms with Gasteiger partial charge in [-0.2, -0.15) is 0 Å². The second kappa shape index (κ2) is 7.51. The predicted molar refractivity (Wildman–Crippen MR) is 100 cm³/mol. The van der Waals surface area contributed by atoms with E-state index in [0.29, 0.717) is 34.5 Å². The summed E-state index contributed by atoms with van der Waals surface area (Å²) < 4.78 is 10.5. The zero-order valence-corrected chi connectivity index (χ0v) is 15.3. The zero-order valence-electron chi connectivity index (χ0n) is 15.3. The highest BCUT2D eigenvalue weighted by Crippen LogP contribution is 2.34. The van der Waals surface area contributed by atoms with Gasteiger partial charge in [0.05, 0.1) is 12.8 Å². The summed E-state index contributed by atoms with van der Waals surface area (Å²) in [7, 11) is 5.00. The van der Waals surface area contributed by atoms with Gasteiger partial charge in [-0.15, -0.1) is 0 Å². The number of hydrogen-bond donors (Lipinski definition) is 2. The van der Waals surface area contributed by atoms with E-state index in [1.807, 2.05) is 19.0 Å². The highest BCUT2D eigenvalue weighted by molar-refractivity contribution is 6.00. The number of benzene rings is 2. The molecule has 0 saturated carbocycles. The van der Waals surface area contributed by atoms with Crippen LogP contribution in [0.4, 0.5) is 0 Å². The fraction of sp³-hybridized carbons (Fsp3) is 0.200. The molecule has 0 amide bonds. The average Bonchev–Trinajstić information content (AvgIpc) is 2.63. The molecule has 0 aliphatic rings. The second-order valence-corrected chi connectivity index (χ2v) is 6.29. The van der Waals surface area contributed by atoms with Crippen LogP contribution in [0.3, 0.4) is 0 Å². The molecule has 3 rings (SSSR count). The molecule has 0 atom stereocenters. The maximum absolute atomic E-state index is 11.9. The van der Waals surface area contributed by atoms with Crippen LogP contribution >= 0.6 is 0 Å². The molecule has 0 fully saturated rings. The Labute approximate surface area is 156 Å². The van der Waals surface area contributed by atoms with Crippen LogP contribution in [-0.2, 0) is 11.3 Å². The van der Waals surface area contributed by atoms with E-state index in [1.165, 1.54) is 13.2 Å². The number of carbonyl (C=O) groups is 1. The van der Waals surface area contributed by atoms with Gasteiger partial charge in [0.25, 0.3) is 0 Å². The first-order valence-electron chi connectivity index (χ1n) is 8.24. The van der Waals surface area contributed by atoms with Crippen molar-refractivity contribution in [2.75, 3.05) is 21.2 Å². The first-order chi connectivity index (χ1) is 12.9. The Morgan fingerprint density at radius 1 is 1.07 bits per heavy atom. The number of pyridine rings is 1. The molecule has 1 aromatic heterocycles. The zero-order chi connectivity index (χ0) is 19.6. The summed E-state index contributed by atoms with van der Waals surface area (Å²) in [6.45, 7) is 0.455. The van der Waals surface area contributed by atoms with Crippen LogP contribution in [0.15, 0.2) is 42.5 Å². The summed E-state index contributed by atoms with van der Waals surface area (Å²) in [4.78, 5) is 18.2. The molecule has 0 spiro atoms. The molecule has 0 bridgehead atoms. The van der Waals surface area contributed by atoms with E-state index in [9.17, 15) is 15.0 Å². The summed E-state index contributed by atoms with van der Waals surface area (Å²) in [5, 5.41) is 21.2. The summed E-state index contributed by atoms with van der Waals surface area (Å²) in [5.74, 6) is 0.161. The number of fused-ring (bicyclic) bond motifs is 1. The number of rotatable bonds is 5. The van der Waals surface area contributed by atoms with Crippen LogP contribution in [-0.4, -0.2) is 47.3 Å². The number of ether oxygens (including phenoxy) is 2. The van der Waals surface area contributed by atoms with Gasteiger partial charge in [0.2, 0.25) is 0 Å². The maximum Gasteiger partial charge on any atom is 0.360 e. The van der Waals surface area contributed by atoms with Crippen molar-refractivity contribution in [3.63, 3.8) is 0 Å². The topological polar surface area (TPSA) is 92.1 Å². The van der Waals surface area contributed by atoms with Gasteiger partial charge in [-0.3, -0.25) is 0 Å². The number of esters is 1. The van der Waals surface area contributed by atoms with Crippen LogP contribution in [0.5, 0.6) is 23.0 Å². The van der Waals surface area contributed by atoms with Crippen molar-refractivity contribution in [3.8, 4) is 23.0 Å². The first-order valence-corrected chi connectivity index (χ1v) is 8.24. The van der Waals surface area contributed by atoms with Crippen LogP contribution in [0.1, 0.15) is 16.2 Å². The second-order valence-electron chi connectivity index (χ2n) is 6.29. The minimum absolute atomic E-state index is 0.101. The van der Waals surface area contributed by atoms with E-state index >= 15 is 0 Å². The third kappa shape index (κ3) is 3.93.